The average Bonchev–Trinajstić information content (AvgIpc) is 3.21. The van der Waals surface area contributed by atoms with Gasteiger partial charge in [0.25, 0.3) is 5.91 Å². The SMILES string of the molecule is Cc1c(C(=O)N2CCN(CC(=O)Nc3ccc(F)cc3)CC2)cnn1-c1ccc(C(F)(F)F)cn1. The molecule has 3 heterocycles. The molecule has 3 aromatic rings. The molecule has 0 radical (unpaired) electrons. The van der Waals surface area contributed by atoms with Gasteiger partial charge in [-0.15, -0.1) is 0 Å². The molecule has 184 valence electrons. The topological polar surface area (TPSA) is 83.4 Å². The summed E-state index contributed by atoms with van der Waals surface area (Å²) in [6.07, 6.45) is -2.39. The van der Waals surface area contributed by atoms with Crippen molar-refractivity contribution in [2.45, 2.75) is 13.1 Å². The second-order valence-corrected chi connectivity index (χ2v) is 8.08. The van der Waals surface area contributed by atoms with Crippen LogP contribution in [0.2, 0.25) is 0 Å². The Kier molecular flexibility index (Phi) is 6.83. The van der Waals surface area contributed by atoms with E-state index in [1.54, 1.807) is 11.8 Å². The van der Waals surface area contributed by atoms with E-state index in [-0.39, 0.29) is 30.0 Å². The highest BCUT2D eigenvalue weighted by atomic mass is 19.4. The number of hydrogen-bond acceptors (Lipinski definition) is 5. The Balaban J connectivity index is 1.33. The van der Waals surface area contributed by atoms with Gasteiger partial charge in [-0.05, 0) is 43.3 Å². The molecular weight excluding hydrogens is 468 g/mol. The highest BCUT2D eigenvalue weighted by Crippen LogP contribution is 2.29. The summed E-state index contributed by atoms with van der Waals surface area (Å²) < 4.78 is 52.6. The van der Waals surface area contributed by atoms with Crippen LogP contribution in [-0.4, -0.2) is 69.1 Å². The predicted octanol–water partition coefficient (Wildman–Crippen LogP) is 3.13. The molecule has 1 N–H and O–H groups in total. The molecule has 0 unspecified atom stereocenters. The van der Waals surface area contributed by atoms with Gasteiger partial charge in [0.2, 0.25) is 5.91 Å². The molecule has 12 heteroatoms. The van der Waals surface area contributed by atoms with Crippen LogP contribution in [0.25, 0.3) is 5.82 Å². The Labute approximate surface area is 198 Å². The van der Waals surface area contributed by atoms with Crippen molar-refractivity contribution in [3.8, 4) is 5.82 Å². The van der Waals surface area contributed by atoms with Crippen LogP contribution in [0.5, 0.6) is 0 Å². The molecule has 0 bridgehead atoms. The Bertz CT molecular complexity index is 1200. The monoisotopic (exact) mass is 490 g/mol. The van der Waals surface area contributed by atoms with Crippen LogP contribution >= 0.6 is 0 Å². The van der Waals surface area contributed by atoms with Crippen LogP contribution in [0.15, 0.2) is 48.8 Å². The molecule has 1 aromatic carbocycles. The lowest BCUT2D eigenvalue weighted by atomic mass is 10.2. The lowest BCUT2D eigenvalue weighted by Crippen LogP contribution is -2.50. The molecule has 4 rings (SSSR count). The van der Waals surface area contributed by atoms with Gasteiger partial charge < -0.3 is 10.2 Å². The van der Waals surface area contributed by atoms with Crippen molar-refractivity contribution in [1.29, 1.82) is 0 Å². The number of amides is 2. The zero-order chi connectivity index (χ0) is 25.2. The Morgan fingerprint density at radius 2 is 1.69 bits per heavy atom. The molecule has 0 saturated carbocycles. The molecule has 35 heavy (non-hydrogen) atoms. The summed E-state index contributed by atoms with van der Waals surface area (Å²) in [6.45, 7) is 3.54. The van der Waals surface area contributed by atoms with Gasteiger partial charge in [0.1, 0.15) is 5.82 Å². The van der Waals surface area contributed by atoms with Crippen molar-refractivity contribution in [3.05, 3.63) is 71.4 Å². The van der Waals surface area contributed by atoms with E-state index in [1.807, 2.05) is 4.90 Å². The quantitative estimate of drug-likeness (QED) is 0.556. The standard InChI is InChI=1S/C23H22F4N6O2/c1-15-19(13-29-33(15)20-7-2-16(12-28-20)23(25,26)27)22(35)32-10-8-31(9-11-32)14-21(34)30-18-5-3-17(24)4-6-18/h2-7,12-13H,8-11,14H2,1H3,(H,30,34). The largest absolute Gasteiger partial charge is 0.417 e. The van der Waals surface area contributed by atoms with Crippen molar-refractivity contribution < 1.29 is 27.2 Å². The molecule has 0 aliphatic carbocycles. The third kappa shape index (κ3) is 5.65. The number of carbonyl (C=O) groups is 2. The number of rotatable bonds is 5. The van der Waals surface area contributed by atoms with Crippen LogP contribution in [-0.2, 0) is 11.0 Å². The molecule has 2 aromatic heterocycles. The van der Waals surface area contributed by atoms with Gasteiger partial charge in [-0.2, -0.15) is 18.3 Å². The first kappa shape index (κ1) is 24.3. The molecule has 8 nitrogen and oxygen atoms in total. The highest BCUT2D eigenvalue weighted by Gasteiger charge is 2.31. The van der Waals surface area contributed by atoms with Crippen LogP contribution in [0, 0.1) is 12.7 Å². The van der Waals surface area contributed by atoms with E-state index in [0.29, 0.717) is 43.1 Å². The maximum absolute atomic E-state index is 13.0. The number of aromatic nitrogens is 3. The molecule has 0 spiro atoms. The maximum Gasteiger partial charge on any atom is 0.417 e. The fourth-order valence-electron chi connectivity index (χ4n) is 3.75. The third-order valence-corrected chi connectivity index (χ3v) is 5.69. The molecule has 1 saturated heterocycles. The fraction of sp³-hybridized carbons (Fsp3) is 0.304. The number of hydrogen-bond donors (Lipinski definition) is 1. The lowest BCUT2D eigenvalue weighted by molar-refractivity contribution is -0.137. The number of benzene rings is 1. The highest BCUT2D eigenvalue weighted by molar-refractivity contribution is 5.95. The predicted molar refractivity (Wildman–Crippen MR) is 118 cm³/mol. The normalized spacial score (nSPS) is 14.7. The van der Waals surface area contributed by atoms with Gasteiger partial charge in [0.15, 0.2) is 5.82 Å². The van der Waals surface area contributed by atoms with Crippen LogP contribution in [0.1, 0.15) is 21.6 Å². The van der Waals surface area contributed by atoms with E-state index in [4.69, 9.17) is 0 Å². The van der Waals surface area contributed by atoms with E-state index >= 15 is 0 Å². The zero-order valence-electron chi connectivity index (χ0n) is 18.7. The molecule has 1 aliphatic rings. The number of carbonyl (C=O) groups excluding carboxylic acids is 2. The van der Waals surface area contributed by atoms with Crippen molar-refractivity contribution in [2.24, 2.45) is 0 Å². The Morgan fingerprint density at radius 3 is 2.29 bits per heavy atom. The summed E-state index contributed by atoms with van der Waals surface area (Å²) in [5.41, 5.74) is 0.421. The van der Waals surface area contributed by atoms with E-state index in [2.05, 4.69) is 15.4 Å². The van der Waals surface area contributed by atoms with E-state index in [1.165, 1.54) is 41.2 Å². The summed E-state index contributed by atoms with van der Waals surface area (Å²) in [5.74, 6) is -0.708. The molecule has 1 aliphatic heterocycles. The first-order valence-electron chi connectivity index (χ1n) is 10.8. The van der Waals surface area contributed by atoms with Gasteiger partial charge in [-0.3, -0.25) is 14.5 Å². The minimum absolute atomic E-state index is 0.135. The van der Waals surface area contributed by atoms with E-state index in [9.17, 15) is 27.2 Å². The fourth-order valence-corrected chi connectivity index (χ4v) is 3.75. The molecule has 2 amide bonds. The summed E-state index contributed by atoms with van der Waals surface area (Å²) in [5, 5.41) is 6.84. The first-order valence-corrected chi connectivity index (χ1v) is 10.8. The third-order valence-electron chi connectivity index (χ3n) is 5.69. The molecule has 0 atom stereocenters. The van der Waals surface area contributed by atoms with Crippen LogP contribution in [0.3, 0.4) is 0 Å². The van der Waals surface area contributed by atoms with E-state index < -0.39 is 11.7 Å². The lowest BCUT2D eigenvalue weighted by Gasteiger charge is -2.34. The van der Waals surface area contributed by atoms with Crippen molar-refractivity contribution in [1.82, 2.24) is 24.6 Å². The van der Waals surface area contributed by atoms with Gasteiger partial charge in [0.05, 0.1) is 29.6 Å². The van der Waals surface area contributed by atoms with Gasteiger partial charge in [0, 0.05) is 38.1 Å². The number of pyridine rings is 1. The number of halogens is 4. The number of alkyl halides is 3. The smallest absolute Gasteiger partial charge is 0.336 e. The van der Waals surface area contributed by atoms with Gasteiger partial charge in [-0.25, -0.2) is 14.1 Å². The Hall–Kier alpha value is -3.80. The summed E-state index contributed by atoms with van der Waals surface area (Å²) in [4.78, 5) is 32.7. The summed E-state index contributed by atoms with van der Waals surface area (Å²) in [7, 11) is 0. The molecular formula is C23H22F4N6O2. The maximum atomic E-state index is 13.0. The number of piperazine rings is 1. The average molecular weight is 490 g/mol. The summed E-state index contributed by atoms with van der Waals surface area (Å²) in [6, 6.07) is 7.60. The van der Waals surface area contributed by atoms with Gasteiger partial charge in [-0.1, -0.05) is 0 Å². The second-order valence-electron chi connectivity index (χ2n) is 8.08. The van der Waals surface area contributed by atoms with Crippen LogP contribution in [0.4, 0.5) is 23.2 Å². The molecule has 1 fully saturated rings. The minimum Gasteiger partial charge on any atom is -0.336 e. The Morgan fingerprint density at radius 1 is 1.00 bits per heavy atom. The number of nitrogens with one attached hydrogen (secondary N) is 1. The number of anilines is 1. The second kappa shape index (κ2) is 9.82. The van der Waals surface area contributed by atoms with Crippen molar-refractivity contribution >= 4 is 17.5 Å². The van der Waals surface area contributed by atoms with Crippen molar-refractivity contribution in [3.63, 3.8) is 0 Å². The summed E-state index contributed by atoms with van der Waals surface area (Å²) >= 11 is 0. The van der Waals surface area contributed by atoms with Gasteiger partial charge >= 0.3 is 6.18 Å². The zero-order valence-corrected chi connectivity index (χ0v) is 18.7. The van der Waals surface area contributed by atoms with Crippen molar-refractivity contribution in [2.75, 3.05) is 38.0 Å². The van der Waals surface area contributed by atoms with Crippen LogP contribution < -0.4 is 5.32 Å². The number of nitrogens with zero attached hydrogens (tertiary/aromatic N) is 5. The van der Waals surface area contributed by atoms with E-state index in [0.717, 1.165) is 12.3 Å². The first-order chi connectivity index (χ1) is 16.6. The minimum atomic E-state index is -4.49.